The lowest BCUT2D eigenvalue weighted by Gasteiger charge is -2.16. The second kappa shape index (κ2) is 4.75. The SMILES string of the molecule is CNCC1CN(c2ccc(C)cc2)C(=O)N1C. The van der Waals surface area contributed by atoms with E-state index < -0.39 is 0 Å². The number of carbonyl (C=O) groups excluding carboxylic acids is 1. The van der Waals surface area contributed by atoms with Crippen molar-refractivity contribution in [3.63, 3.8) is 0 Å². The molecule has 4 heteroatoms. The van der Waals surface area contributed by atoms with Gasteiger partial charge in [0.05, 0.1) is 6.04 Å². The van der Waals surface area contributed by atoms with Crippen LogP contribution in [0.3, 0.4) is 0 Å². The molecule has 0 spiro atoms. The topological polar surface area (TPSA) is 35.6 Å². The summed E-state index contributed by atoms with van der Waals surface area (Å²) >= 11 is 0. The number of rotatable bonds is 3. The number of hydrogen-bond donors (Lipinski definition) is 1. The first-order chi connectivity index (χ1) is 8.13. The molecular weight excluding hydrogens is 214 g/mol. The van der Waals surface area contributed by atoms with Crippen LogP contribution in [0.2, 0.25) is 0 Å². The third-order valence-electron chi connectivity index (χ3n) is 3.26. The molecule has 92 valence electrons. The molecule has 2 amide bonds. The van der Waals surface area contributed by atoms with Gasteiger partial charge in [0.15, 0.2) is 0 Å². The number of benzene rings is 1. The summed E-state index contributed by atoms with van der Waals surface area (Å²) in [5.74, 6) is 0. The Hall–Kier alpha value is -1.55. The van der Waals surface area contributed by atoms with Crippen LogP contribution in [0.1, 0.15) is 5.56 Å². The van der Waals surface area contributed by atoms with Crippen LogP contribution >= 0.6 is 0 Å². The molecule has 0 bridgehead atoms. The second-order valence-electron chi connectivity index (χ2n) is 4.55. The smallest absolute Gasteiger partial charge is 0.321 e. The Kier molecular flexibility index (Phi) is 3.33. The van der Waals surface area contributed by atoms with Crippen molar-refractivity contribution in [3.8, 4) is 0 Å². The molecule has 1 aromatic rings. The van der Waals surface area contributed by atoms with Gasteiger partial charge in [0, 0.05) is 25.8 Å². The van der Waals surface area contributed by atoms with Gasteiger partial charge in [0.1, 0.15) is 0 Å². The van der Waals surface area contributed by atoms with Gasteiger partial charge < -0.3 is 10.2 Å². The summed E-state index contributed by atoms with van der Waals surface area (Å²) in [6, 6.07) is 8.40. The Labute approximate surface area is 102 Å². The van der Waals surface area contributed by atoms with Gasteiger partial charge in [-0.3, -0.25) is 4.90 Å². The van der Waals surface area contributed by atoms with E-state index in [1.165, 1.54) is 5.56 Å². The summed E-state index contributed by atoms with van der Waals surface area (Å²) in [7, 11) is 3.77. The van der Waals surface area contributed by atoms with Gasteiger partial charge >= 0.3 is 6.03 Å². The van der Waals surface area contributed by atoms with E-state index in [1.54, 1.807) is 4.90 Å². The van der Waals surface area contributed by atoms with Crippen LogP contribution in [0.15, 0.2) is 24.3 Å². The minimum Gasteiger partial charge on any atom is -0.321 e. The van der Waals surface area contributed by atoms with Crippen molar-refractivity contribution in [1.82, 2.24) is 10.2 Å². The highest BCUT2D eigenvalue weighted by atomic mass is 16.2. The fraction of sp³-hybridized carbons (Fsp3) is 0.462. The van der Waals surface area contributed by atoms with Crippen LogP contribution in [0.4, 0.5) is 10.5 Å². The minimum atomic E-state index is 0.0779. The first-order valence-corrected chi connectivity index (χ1v) is 5.89. The van der Waals surface area contributed by atoms with E-state index in [-0.39, 0.29) is 12.1 Å². The minimum absolute atomic E-state index is 0.0779. The van der Waals surface area contributed by atoms with Crippen molar-refractivity contribution in [2.24, 2.45) is 0 Å². The lowest BCUT2D eigenvalue weighted by atomic mass is 10.2. The van der Waals surface area contributed by atoms with Crippen molar-refractivity contribution < 1.29 is 4.79 Å². The maximum absolute atomic E-state index is 12.1. The Morgan fingerprint density at radius 1 is 1.35 bits per heavy atom. The van der Waals surface area contributed by atoms with E-state index >= 15 is 0 Å². The Balaban J connectivity index is 2.17. The van der Waals surface area contributed by atoms with E-state index in [0.717, 1.165) is 18.8 Å². The maximum Gasteiger partial charge on any atom is 0.324 e. The average Bonchev–Trinajstić information content (AvgIpc) is 2.59. The van der Waals surface area contributed by atoms with E-state index in [4.69, 9.17) is 0 Å². The molecule has 1 aromatic carbocycles. The number of hydrogen-bond acceptors (Lipinski definition) is 2. The number of aryl methyl sites for hydroxylation is 1. The van der Waals surface area contributed by atoms with Gasteiger partial charge in [-0.05, 0) is 26.1 Å². The molecule has 1 unspecified atom stereocenters. The summed E-state index contributed by atoms with van der Waals surface area (Å²) in [4.78, 5) is 15.7. The molecule has 1 N–H and O–H groups in total. The van der Waals surface area contributed by atoms with Gasteiger partial charge in [-0.15, -0.1) is 0 Å². The number of amides is 2. The van der Waals surface area contributed by atoms with Crippen molar-refractivity contribution in [2.75, 3.05) is 32.1 Å². The van der Waals surface area contributed by atoms with E-state index in [1.807, 2.05) is 50.2 Å². The largest absolute Gasteiger partial charge is 0.324 e. The van der Waals surface area contributed by atoms with Crippen LogP contribution in [0.5, 0.6) is 0 Å². The van der Waals surface area contributed by atoms with Gasteiger partial charge in [-0.1, -0.05) is 17.7 Å². The zero-order valence-corrected chi connectivity index (χ0v) is 10.6. The van der Waals surface area contributed by atoms with Crippen LogP contribution < -0.4 is 10.2 Å². The van der Waals surface area contributed by atoms with Crippen LogP contribution in [-0.4, -0.2) is 44.2 Å². The van der Waals surface area contributed by atoms with E-state index in [2.05, 4.69) is 5.32 Å². The lowest BCUT2D eigenvalue weighted by molar-refractivity contribution is 0.218. The van der Waals surface area contributed by atoms with Crippen LogP contribution in [0.25, 0.3) is 0 Å². The molecule has 1 saturated heterocycles. The molecule has 1 aliphatic heterocycles. The standard InChI is InChI=1S/C13H19N3O/c1-10-4-6-11(7-5-10)16-9-12(8-14-2)15(3)13(16)17/h4-7,12,14H,8-9H2,1-3H3. The number of urea groups is 1. The molecular formula is C13H19N3O. The fourth-order valence-electron chi connectivity index (χ4n) is 2.14. The summed E-state index contributed by atoms with van der Waals surface area (Å²) < 4.78 is 0. The van der Waals surface area contributed by atoms with Gasteiger partial charge in [0.25, 0.3) is 0 Å². The van der Waals surface area contributed by atoms with Crippen molar-refractivity contribution in [2.45, 2.75) is 13.0 Å². The molecule has 1 atom stereocenters. The predicted octanol–water partition coefficient (Wildman–Crippen LogP) is 1.45. The first kappa shape index (κ1) is 11.9. The van der Waals surface area contributed by atoms with E-state index in [9.17, 15) is 4.79 Å². The van der Waals surface area contributed by atoms with E-state index in [0.29, 0.717) is 0 Å². The summed E-state index contributed by atoms with van der Waals surface area (Å²) in [6.07, 6.45) is 0. The molecule has 0 aliphatic carbocycles. The van der Waals surface area contributed by atoms with Gasteiger partial charge in [-0.25, -0.2) is 4.79 Å². The lowest BCUT2D eigenvalue weighted by Crippen LogP contribution is -2.37. The Morgan fingerprint density at radius 3 is 2.59 bits per heavy atom. The number of anilines is 1. The molecule has 4 nitrogen and oxygen atoms in total. The Bertz CT molecular complexity index is 402. The quantitative estimate of drug-likeness (QED) is 0.858. The zero-order valence-electron chi connectivity index (χ0n) is 10.6. The fourth-order valence-corrected chi connectivity index (χ4v) is 2.14. The number of carbonyl (C=O) groups is 1. The summed E-state index contributed by atoms with van der Waals surface area (Å²) in [6.45, 7) is 3.62. The summed E-state index contributed by atoms with van der Waals surface area (Å²) in [5, 5.41) is 3.12. The number of nitrogens with zero attached hydrogens (tertiary/aromatic N) is 2. The number of nitrogens with one attached hydrogen (secondary N) is 1. The van der Waals surface area contributed by atoms with Crippen molar-refractivity contribution >= 4 is 11.7 Å². The molecule has 17 heavy (non-hydrogen) atoms. The maximum atomic E-state index is 12.1. The third kappa shape index (κ3) is 2.26. The molecule has 0 radical (unpaired) electrons. The highest BCUT2D eigenvalue weighted by Gasteiger charge is 2.34. The monoisotopic (exact) mass is 233 g/mol. The number of likely N-dealkylation sites (N-methyl/N-ethyl adjacent to an activating group) is 2. The molecule has 0 aromatic heterocycles. The Morgan fingerprint density at radius 2 is 2.00 bits per heavy atom. The van der Waals surface area contributed by atoms with Gasteiger partial charge in [0.2, 0.25) is 0 Å². The zero-order chi connectivity index (χ0) is 12.4. The highest BCUT2D eigenvalue weighted by Crippen LogP contribution is 2.22. The van der Waals surface area contributed by atoms with Crippen molar-refractivity contribution in [3.05, 3.63) is 29.8 Å². The second-order valence-corrected chi connectivity index (χ2v) is 4.55. The first-order valence-electron chi connectivity index (χ1n) is 5.89. The molecule has 2 rings (SSSR count). The molecule has 1 aliphatic rings. The average molecular weight is 233 g/mol. The normalized spacial score (nSPS) is 20.2. The predicted molar refractivity (Wildman–Crippen MR) is 69.4 cm³/mol. The summed E-state index contributed by atoms with van der Waals surface area (Å²) in [5.41, 5.74) is 2.19. The van der Waals surface area contributed by atoms with Crippen molar-refractivity contribution in [1.29, 1.82) is 0 Å². The molecule has 1 heterocycles. The highest BCUT2D eigenvalue weighted by molar-refractivity contribution is 5.94. The van der Waals surface area contributed by atoms with Gasteiger partial charge in [-0.2, -0.15) is 0 Å². The van der Waals surface area contributed by atoms with Crippen LogP contribution in [-0.2, 0) is 0 Å². The molecule has 0 saturated carbocycles. The molecule has 1 fully saturated rings. The third-order valence-corrected chi connectivity index (χ3v) is 3.26. The van der Waals surface area contributed by atoms with Crippen LogP contribution in [0, 0.1) is 6.92 Å².